The molecule has 0 aliphatic carbocycles. The van der Waals surface area contributed by atoms with Crippen LogP contribution in [0.5, 0.6) is 0 Å². The van der Waals surface area contributed by atoms with Crippen LogP contribution in [0.25, 0.3) is 28.0 Å². The molecule has 0 bridgehead atoms. The van der Waals surface area contributed by atoms with Gasteiger partial charge < -0.3 is 15.1 Å². The molecule has 2 saturated heterocycles. The lowest BCUT2D eigenvalue weighted by atomic mass is 9.95. The SMILES string of the molecule is Cc1ccc(C(=O)NC(C)C)cc1-c1nc(N2CCC(N3CCC(C)CC3)CC2)nc2c1ccc(=O)n2-c1c(F)cccc1F. The van der Waals surface area contributed by atoms with Crippen molar-refractivity contribution in [1.82, 2.24) is 24.8 Å². The summed E-state index contributed by atoms with van der Waals surface area (Å²) in [6, 6.07) is 12.2. The van der Waals surface area contributed by atoms with Gasteiger partial charge in [0, 0.05) is 47.8 Å². The first kappa shape index (κ1) is 30.8. The fourth-order valence-corrected chi connectivity index (χ4v) is 6.56. The molecular weight excluding hydrogens is 574 g/mol. The van der Waals surface area contributed by atoms with Gasteiger partial charge in [0.25, 0.3) is 11.5 Å². The van der Waals surface area contributed by atoms with Gasteiger partial charge in [-0.15, -0.1) is 0 Å². The summed E-state index contributed by atoms with van der Waals surface area (Å²) in [5, 5.41) is 3.38. The number of hydrogen-bond donors (Lipinski definition) is 1. The molecule has 1 amide bonds. The van der Waals surface area contributed by atoms with Gasteiger partial charge >= 0.3 is 0 Å². The Morgan fingerprint density at radius 3 is 2.29 bits per heavy atom. The number of nitrogens with zero attached hydrogens (tertiary/aromatic N) is 5. The number of amides is 1. The van der Waals surface area contributed by atoms with Crippen LogP contribution in [0.2, 0.25) is 0 Å². The van der Waals surface area contributed by atoms with Crippen LogP contribution < -0.4 is 15.8 Å². The summed E-state index contributed by atoms with van der Waals surface area (Å²) in [4.78, 5) is 40.9. The number of anilines is 1. The zero-order valence-corrected chi connectivity index (χ0v) is 26.3. The monoisotopic (exact) mass is 614 g/mol. The Morgan fingerprint density at radius 1 is 0.933 bits per heavy atom. The maximum absolute atomic E-state index is 15.2. The van der Waals surface area contributed by atoms with Gasteiger partial charge in [-0.25, -0.2) is 13.8 Å². The molecule has 2 aromatic carbocycles. The van der Waals surface area contributed by atoms with E-state index in [9.17, 15) is 9.59 Å². The standard InChI is InChI=1S/C35H40F2N6O2/c1-21(2)38-34(45)24-9-8-23(4)27(20-24)31-26-10-11-30(44)43(32-28(36)6-5-7-29(32)37)33(26)40-35(39-31)42-18-14-25(15-19-42)41-16-12-22(3)13-17-41/h5-11,20-22,25H,12-19H2,1-4H3,(H,38,45). The summed E-state index contributed by atoms with van der Waals surface area (Å²) in [5.74, 6) is -0.806. The minimum atomic E-state index is -0.869. The third kappa shape index (κ3) is 6.20. The number of pyridine rings is 1. The maximum atomic E-state index is 15.2. The lowest BCUT2D eigenvalue weighted by Crippen LogP contribution is -2.48. The molecule has 2 aliphatic rings. The molecule has 0 saturated carbocycles. The van der Waals surface area contributed by atoms with Gasteiger partial charge in [0.15, 0.2) is 5.65 Å². The van der Waals surface area contributed by atoms with Crippen LogP contribution in [0.15, 0.2) is 53.3 Å². The van der Waals surface area contributed by atoms with E-state index in [-0.39, 0.29) is 17.6 Å². The van der Waals surface area contributed by atoms with Crippen molar-refractivity contribution in [2.75, 3.05) is 31.1 Å². The highest BCUT2D eigenvalue weighted by Crippen LogP contribution is 2.33. The number of carbonyl (C=O) groups is 1. The molecule has 1 N–H and O–H groups in total. The Morgan fingerprint density at radius 2 is 1.62 bits per heavy atom. The largest absolute Gasteiger partial charge is 0.350 e. The Bertz CT molecular complexity index is 1770. The van der Waals surface area contributed by atoms with E-state index >= 15 is 8.78 Å². The molecule has 45 heavy (non-hydrogen) atoms. The molecule has 0 spiro atoms. The van der Waals surface area contributed by atoms with Crippen molar-refractivity contribution in [2.24, 2.45) is 5.92 Å². The first-order chi connectivity index (χ1) is 21.6. The molecule has 4 heterocycles. The molecule has 4 aromatic rings. The van der Waals surface area contributed by atoms with Crippen LogP contribution in [0.4, 0.5) is 14.7 Å². The Labute approximate surface area is 262 Å². The number of carbonyl (C=O) groups excluding carboxylic acids is 1. The number of piperidine rings is 2. The third-order valence-electron chi connectivity index (χ3n) is 9.16. The second-order valence-corrected chi connectivity index (χ2v) is 12.8. The van der Waals surface area contributed by atoms with Gasteiger partial charge in [-0.1, -0.05) is 19.1 Å². The number of benzene rings is 2. The van der Waals surface area contributed by atoms with Crippen LogP contribution in [0.1, 0.15) is 62.4 Å². The van der Waals surface area contributed by atoms with Gasteiger partial charge in [0.2, 0.25) is 5.95 Å². The molecule has 236 valence electrons. The molecule has 0 unspecified atom stereocenters. The molecule has 2 aliphatic heterocycles. The fourth-order valence-electron chi connectivity index (χ4n) is 6.56. The highest BCUT2D eigenvalue weighted by atomic mass is 19.1. The van der Waals surface area contributed by atoms with Gasteiger partial charge in [-0.05, 0) is 101 Å². The van der Waals surface area contributed by atoms with Crippen molar-refractivity contribution in [3.63, 3.8) is 0 Å². The summed E-state index contributed by atoms with van der Waals surface area (Å²) >= 11 is 0. The van der Waals surface area contributed by atoms with Crippen molar-refractivity contribution in [1.29, 1.82) is 0 Å². The summed E-state index contributed by atoms with van der Waals surface area (Å²) in [5.41, 5.74) is 1.50. The number of likely N-dealkylation sites (tertiary alicyclic amines) is 1. The van der Waals surface area contributed by atoms with Crippen LogP contribution in [0.3, 0.4) is 0 Å². The predicted octanol–water partition coefficient (Wildman–Crippen LogP) is 5.87. The smallest absolute Gasteiger partial charge is 0.256 e. The van der Waals surface area contributed by atoms with E-state index in [0.717, 1.165) is 54.1 Å². The molecule has 8 nitrogen and oxygen atoms in total. The van der Waals surface area contributed by atoms with E-state index in [1.807, 2.05) is 26.8 Å². The highest BCUT2D eigenvalue weighted by molar-refractivity contribution is 5.98. The summed E-state index contributed by atoms with van der Waals surface area (Å²) in [7, 11) is 0. The van der Waals surface area contributed by atoms with Gasteiger partial charge in [-0.2, -0.15) is 4.98 Å². The van der Waals surface area contributed by atoms with E-state index in [1.165, 1.54) is 25.0 Å². The Balaban J connectivity index is 1.49. The second kappa shape index (κ2) is 12.7. The van der Waals surface area contributed by atoms with E-state index < -0.39 is 22.9 Å². The molecule has 2 aromatic heterocycles. The molecule has 0 atom stereocenters. The zero-order chi connectivity index (χ0) is 31.8. The fraction of sp³-hybridized carbons (Fsp3) is 0.429. The number of para-hydroxylation sites is 1. The van der Waals surface area contributed by atoms with Crippen molar-refractivity contribution in [3.05, 3.63) is 81.6 Å². The van der Waals surface area contributed by atoms with Gasteiger partial charge in [0.1, 0.15) is 17.3 Å². The van der Waals surface area contributed by atoms with E-state index in [2.05, 4.69) is 22.0 Å². The number of halogens is 2. The van der Waals surface area contributed by atoms with E-state index in [4.69, 9.17) is 9.97 Å². The topological polar surface area (TPSA) is 83.4 Å². The highest BCUT2D eigenvalue weighted by Gasteiger charge is 2.29. The minimum absolute atomic E-state index is 0.0462. The number of hydrogen-bond acceptors (Lipinski definition) is 6. The molecule has 6 rings (SSSR count). The summed E-state index contributed by atoms with van der Waals surface area (Å²) in [6.07, 6.45) is 4.32. The molecule has 2 fully saturated rings. The maximum Gasteiger partial charge on any atom is 0.256 e. The Kier molecular flexibility index (Phi) is 8.68. The van der Waals surface area contributed by atoms with Gasteiger partial charge in [-0.3, -0.25) is 14.2 Å². The second-order valence-electron chi connectivity index (χ2n) is 12.8. The quantitative estimate of drug-likeness (QED) is 0.293. The van der Waals surface area contributed by atoms with Crippen molar-refractivity contribution in [2.45, 2.75) is 65.5 Å². The Hall–Kier alpha value is -4.18. The third-order valence-corrected chi connectivity index (χ3v) is 9.16. The average molecular weight is 615 g/mol. The zero-order valence-electron chi connectivity index (χ0n) is 26.3. The summed E-state index contributed by atoms with van der Waals surface area (Å²) < 4.78 is 31.3. The van der Waals surface area contributed by atoms with E-state index in [0.29, 0.717) is 47.3 Å². The van der Waals surface area contributed by atoms with Crippen molar-refractivity contribution < 1.29 is 13.6 Å². The summed E-state index contributed by atoms with van der Waals surface area (Å²) in [6.45, 7) is 11.7. The van der Waals surface area contributed by atoms with Crippen LogP contribution in [-0.4, -0.2) is 63.6 Å². The number of nitrogens with one attached hydrogen (secondary N) is 1. The number of aryl methyl sites for hydroxylation is 1. The number of fused-ring (bicyclic) bond motifs is 1. The normalized spacial score (nSPS) is 16.9. The van der Waals surface area contributed by atoms with Crippen molar-refractivity contribution in [3.8, 4) is 16.9 Å². The van der Waals surface area contributed by atoms with E-state index in [1.54, 1.807) is 18.2 Å². The lowest BCUT2D eigenvalue weighted by molar-refractivity contribution is 0.0943. The van der Waals surface area contributed by atoms with Crippen molar-refractivity contribution >= 4 is 22.9 Å². The number of aromatic nitrogens is 3. The van der Waals surface area contributed by atoms with Crippen LogP contribution in [0, 0.1) is 24.5 Å². The number of rotatable bonds is 6. The van der Waals surface area contributed by atoms with Gasteiger partial charge in [0.05, 0.1) is 5.69 Å². The molecule has 0 radical (unpaired) electrons. The van der Waals surface area contributed by atoms with Crippen LogP contribution >= 0.6 is 0 Å². The predicted molar refractivity (Wildman–Crippen MR) is 173 cm³/mol. The molecular formula is C35H40F2N6O2. The lowest BCUT2D eigenvalue weighted by Gasteiger charge is -2.41. The van der Waals surface area contributed by atoms with Crippen LogP contribution in [-0.2, 0) is 0 Å². The average Bonchev–Trinajstić information content (AvgIpc) is 3.02. The first-order valence-electron chi connectivity index (χ1n) is 15.9. The minimum Gasteiger partial charge on any atom is -0.350 e. The first-order valence-corrected chi connectivity index (χ1v) is 15.9. The molecule has 10 heteroatoms.